The average Bonchev–Trinajstić information content (AvgIpc) is 2.76. The number of nitro groups is 1. The Balaban J connectivity index is 1.65. The summed E-state index contributed by atoms with van der Waals surface area (Å²) in [6, 6.07) is 17.7. The lowest BCUT2D eigenvalue weighted by Crippen LogP contribution is -2.27. The SMILES string of the molecule is N/C(=N/NC(=O)c1ccc([N+](=O)[O-])cc1)c1cc2c(ccc3ccccc32)oc1=O. The van der Waals surface area contributed by atoms with E-state index in [4.69, 9.17) is 10.2 Å². The van der Waals surface area contributed by atoms with Crippen LogP contribution in [0.25, 0.3) is 21.7 Å². The lowest BCUT2D eigenvalue weighted by atomic mass is 10.0. The number of hydrogen-bond donors (Lipinski definition) is 2. The molecule has 0 fully saturated rings. The molecule has 0 aliphatic rings. The van der Waals surface area contributed by atoms with E-state index in [1.807, 2.05) is 30.3 Å². The number of benzene rings is 3. The van der Waals surface area contributed by atoms with Gasteiger partial charge < -0.3 is 10.2 Å². The number of fused-ring (bicyclic) bond motifs is 3. The topological polar surface area (TPSA) is 141 Å². The highest BCUT2D eigenvalue weighted by atomic mass is 16.6. The molecule has 0 spiro atoms. The van der Waals surface area contributed by atoms with Crippen molar-refractivity contribution >= 4 is 39.2 Å². The first kappa shape index (κ1) is 18.8. The van der Waals surface area contributed by atoms with Crippen LogP contribution in [0.4, 0.5) is 5.69 Å². The molecule has 30 heavy (non-hydrogen) atoms. The van der Waals surface area contributed by atoms with Crippen molar-refractivity contribution in [3.63, 3.8) is 0 Å². The minimum atomic E-state index is -0.691. The molecule has 9 nitrogen and oxygen atoms in total. The Bertz CT molecular complexity index is 1390. The van der Waals surface area contributed by atoms with Gasteiger partial charge in [-0.3, -0.25) is 14.9 Å². The molecular formula is C21H14N4O5. The van der Waals surface area contributed by atoms with E-state index < -0.39 is 16.5 Å². The molecule has 3 N–H and O–H groups in total. The number of carbonyl (C=O) groups is 1. The Morgan fingerprint density at radius 3 is 2.50 bits per heavy atom. The Morgan fingerprint density at radius 1 is 1.03 bits per heavy atom. The van der Waals surface area contributed by atoms with Crippen LogP contribution in [0.5, 0.6) is 0 Å². The second-order valence-electron chi connectivity index (χ2n) is 6.39. The summed E-state index contributed by atoms with van der Waals surface area (Å²) in [4.78, 5) is 34.6. The van der Waals surface area contributed by atoms with Crippen LogP contribution in [0, 0.1) is 10.1 Å². The van der Waals surface area contributed by atoms with Crippen LogP contribution >= 0.6 is 0 Å². The number of nitro benzene ring substituents is 1. The lowest BCUT2D eigenvalue weighted by molar-refractivity contribution is -0.384. The summed E-state index contributed by atoms with van der Waals surface area (Å²) in [6.07, 6.45) is 0. The maximum absolute atomic E-state index is 12.3. The van der Waals surface area contributed by atoms with Crippen molar-refractivity contribution in [2.75, 3.05) is 0 Å². The molecule has 0 bridgehead atoms. The first-order chi connectivity index (χ1) is 14.4. The van der Waals surface area contributed by atoms with Crippen LogP contribution < -0.4 is 16.8 Å². The van der Waals surface area contributed by atoms with Crippen molar-refractivity contribution in [1.82, 2.24) is 5.43 Å². The Kier molecular flexibility index (Phi) is 4.69. The summed E-state index contributed by atoms with van der Waals surface area (Å²) < 4.78 is 5.36. The summed E-state index contributed by atoms with van der Waals surface area (Å²) in [5.41, 5.74) is 7.86. The zero-order valence-corrected chi connectivity index (χ0v) is 15.4. The molecular weight excluding hydrogens is 388 g/mol. The third-order valence-corrected chi connectivity index (χ3v) is 4.54. The zero-order valence-electron chi connectivity index (χ0n) is 15.4. The first-order valence-electron chi connectivity index (χ1n) is 8.78. The van der Waals surface area contributed by atoms with Crippen LogP contribution in [0.15, 0.2) is 81.0 Å². The van der Waals surface area contributed by atoms with Crippen LogP contribution in [0.2, 0.25) is 0 Å². The fraction of sp³-hybridized carbons (Fsp3) is 0. The number of carbonyl (C=O) groups excluding carboxylic acids is 1. The highest BCUT2D eigenvalue weighted by Crippen LogP contribution is 2.24. The second kappa shape index (κ2) is 7.47. The summed E-state index contributed by atoms with van der Waals surface area (Å²) >= 11 is 0. The minimum Gasteiger partial charge on any atom is -0.422 e. The maximum atomic E-state index is 12.3. The van der Waals surface area contributed by atoms with Gasteiger partial charge in [-0.1, -0.05) is 30.3 Å². The number of hydrazone groups is 1. The van der Waals surface area contributed by atoms with Crippen LogP contribution in [-0.2, 0) is 0 Å². The van der Waals surface area contributed by atoms with E-state index in [0.29, 0.717) is 11.0 Å². The molecule has 0 aliphatic heterocycles. The van der Waals surface area contributed by atoms with E-state index >= 15 is 0 Å². The molecule has 0 saturated heterocycles. The number of nitrogens with two attached hydrogens (primary N) is 1. The molecule has 148 valence electrons. The van der Waals surface area contributed by atoms with Crippen molar-refractivity contribution in [2.45, 2.75) is 0 Å². The second-order valence-corrected chi connectivity index (χ2v) is 6.39. The number of hydrogen-bond acceptors (Lipinski definition) is 6. The normalized spacial score (nSPS) is 11.5. The molecule has 9 heteroatoms. The molecule has 0 radical (unpaired) electrons. The number of nitrogens with one attached hydrogen (secondary N) is 1. The van der Waals surface area contributed by atoms with Crippen molar-refractivity contribution in [1.29, 1.82) is 0 Å². The van der Waals surface area contributed by atoms with E-state index in [1.54, 1.807) is 12.1 Å². The molecule has 4 rings (SSSR count). The maximum Gasteiger partial charge on any atom is 0.347 e. The molecule has 1 heterocycles. The first-order valence-corrected chi connectivity index (χ1v) is 8.78. The van der Waals surface area contributed by atoms with E-state index in [9.17, 15) is 19.7 Å². The number of non-ortho nitro benzene ring substituents is 1. The van der Waals surface area contributed by atoms with Crippen LogP contribution in [0.3, 0.4) is 0 Å². The van der Waals surface area contributed by atoms with Gasteiger partial charge in [0.15, 0.2) is 5.84 Å². The van der Waals surface area contributed by atoms with E-state index in [-0.39, 0.29) is 22.6 Å². The molecule has 0 aliphatic carbocycles. The van der Waals surface area contributed by atoms with Gasteiger partial charge in [0.25, 0.3) is 11.6 Å². The average molecular weight is 402 g/mol. The molecule has 1 aromatic heterocycles. The van der Waals surface area contributed by atoms with Gasteiger partial charge in [0.05, 0.1) is 4.92 Å². The Morgan fingerprint density at radius 2 is 1.77 bits per heavy atom. The summed E-state index contributed by atoms with van der Waals surface area (Å²) in [6.45, 7) is 0. The fourth-order valence-corrected chi connectivity index (χ4v) is 3.02. The van der Waals surface area contributed by atoms with Crippen molar-refractivity contribution in [3.05, 3.63) is 98.4 Å². The third-order valence-electron chi connectivity index (χ3n) is 4.54. The van der Waals surface area contributed by atoms with Gasteiger partial charge >= 0.3 is 5.63 Å². The molecule has 0 unspecified atom stereocenters. The van der Waals surface area contributed by atoms with Gasteiger partial charge in [0.1, 0.15) is 11.1 Å². The van der Waals surface area contributed by atoms with Gasteiger partial charge in [-0.25, -0.2) is 10.2 Å². The van der Waals surface area contributed by atoms with Gasteiger partial charge in [-0.15, -0.1) is 0 Å². The van der Waals surface area contributed by atoms with Gasteiger partial charge in [-0.05, 0) is 35.0 Å². The predicted octanol–water partition coefficient (Wildman–Crippen LogP) is 2.90. The lowest BCUT2D eigenvalue weighted by Gasteiger charge is -2.06. The molecule has 3 aromatic carbocycles. The summed E-state index contributed by atoms with van der Waals surface area (Å²) in [5, 5.41) is 17.0. The zero-order chi connectivity index (χ0) is 21.3. The molecule has 0 atom stereocenters. The largest absolute Gasteiger partial charge is 0.422 e. The van der Waals surface area contributed by atoms with E-state index in [2.05, 4.69) is 10.5 Å². The smallest absolute Gasteiger partial charge is 0.347 e. The van der Waals surface area contributed by atoms with Crippen LogP contribution in [-0.4, -0.2) is 16.7 Å². The highest BCUT2D eigenvalue weighted by molar-refractivity contribution is 6.08. The molecule has 0 saturated carbocycles. The number of nitrogens with zero attached hydrogens (tertiary/aromatic N) is 2. The standard InChI is InChI=1S/C21H14N4O5/c22-19(23-24-20(26)13-5-8-14(9-6-13)25(28)29)17-11-16-15-4-2-1-3-12(15)7-10-18(16)30-21(17)27/h1-11H,(H2,22,23)(H,24,26). The van der Waals surface area contributed by atoms with E-state index in [1.165, 1.54) is 24.3 Å². The predicted molar refractivity (Wildman–Crippen MR) is 111 cm³/mol. The number of amidine groups is 1. The molecule has 1 amide bonds. The van der Waals surface area contributed by atoms with Crippen molar-refractivity contribution in [3.8, 4) is 0 Å². The minimum absolute atomic E-state index is 0.00264. The highest BCUT2D eigenvalue weighted by Gasteiger charge is 2.13. The van der Waals surface area contributed by atoms with Gasteiger partial charge in [0, 0.05) is 23.1 Å². The number of amides is 1. The quantitative estimate of drug-likeness (QED) is 0.134. The fourth-order valence-electron chi connectivity index (χ4n) is 3.02. The van der Waals surface area contributed by atoms with Crippen molar-refractivity contribution in [2.24, 2.45) is 10.8 Å². The molecule has 4 aromatic rings. The number of rotatable bonds is 4. The third kappa shape index (κ3) is 3.47. The Hall–Kier alpha value is -4.53. The summed E-state index contributed by atoms with van der Waals surface area (Å²) in [7, 11) is 0. The van der Waals surface area contributed by atoms with Gasteiger partial charge in [0.2, 0.25) is 0 Å². The van der Waals surface area contributed by atoms with Crippen LogP contribution in [0.1, 0.15) is 15.9 Å². The van der Waals surface area contributed by atoms with Crippen molar-refractivity contribution < 1.29 is 14.1 Å². The Labute approximate surface area is 168 Å². The summed E-state index contributed by atoms with van der Waals surface area (Å²) in [5.74, 6) is -0.864. The van der Waals surface area contributed by atoms with E-state index in [0.717, 1.165) is 10.8 Å². The van der Waals surface area contributed by atoms with Gasteiger partial charge in [-0.2, -0.15) is 5.10 Å². The monoisotopic (exact) mass is 402 g/mol.